The minimum atomic E-state index is -0.630. The molecule has 0 unspecified atom stereocenters. The number of aryl methyl sites for hydroxylation is 1. The molecule has 1 amide bonds. The van der Waals surface area contributed by atoms with Gasteiger partial charge in [-0.15, -0.1) is 0 Å². The van der Waals surface area contributed by atoms with Crippen LogP contribution in [-0.2, 0) is 11.3 Å². The van der Waals surface area contributed by atoms with Crippen LogP contribution in [0.25, 0.3) is 10.9 Å². The molecule has 3 aromatic rings. The van der Waals surface area contributed by atoms with E-state index in [4.69, 9.17) is 0 Å². The number of anilines is 1. The largest absolute Gasteiger partial charge is 0.358 e. The van der Waals surface area contributed by atoms with Gasteiger partial charge in [0.2, 0.25) is 0 Å². The number of rotatable bonds is 5. The first kappa shape index (κ1) is 16.9. The van der Waals surface area contributed by atoms with Crippen molar-refractivity contribution >= 4 is 28.3 Å². The first-order valence-electron chi connectivity index (χ1n) is 8.12. The van der Waals surface area contributed by atoms with Gasteiger partial charge in [-0.3, -0.25) is 9.59 Å². The number of H-pyrrole nitrogens is 1. The quantitative estimate of drug-likeness (QED) is 0.555. The molecule has 1 heterocycles. The van der Waals surface area contributed by atoms with Gasteiger partial charge in [-0.2, -0.15) is 0 Å². The number of carbonyl (C=O) groups excluding carboxylic acids is 2. The van der Waals surface area contributed by atoms with Gasteiger partial charge in [0.15, 0.2) is 0 Å². The van der Waals surface area contributed by atoms with Crippen LogP contribution >= 0.6 is 0 Å². The molecule has 5 heteroatoms. The van der Waals surface area contributed by atoms with Crippen molar-refractivity contribution in [2.75, 3.05) is 19.4 Å². The van der Waals surface area contributed by atoms with E-state index in [1.807, 2.05) is 61.5 Å². The molecule has 5 nitrogen and oxygen atoms in total. The van der Waals surface area contributed by atoms with Gasteiger partial charge in [0.1, 0.15) is 0 Å². The molecule has 0 saturated heterocycles. The molecule has 128 valence electrons. The zero-order chi connectivity index (χ0) is 18.0. The SMILES string of the molecule is Cc1[nH]c2ccccc2c1C(=O)C(=O)Nc1cccc(CN(C)C)c1. The van der Waals surface area contributed by atoms with Crippen molar-refractivity contribution in [3.8, 4) is 0 Å². The summed E-state index contributed by atoms with van der Waals surface area (Å²) in [6.07, 6.45) is 0. The fourth-order valence-corrected chi connectivity index (χ4v) is 2.98. The maximum Gasteiger partial charge on any atom is 0.296 e. The third-order valence-electron chi connectivity index (χ3n) is 4.01. The monoisotopic (exact) mass is 335 g/mol. The fourth-order valence-electron chi connectivity index (χ4n) is 2.98. The lowest BCUT2D eigenvalue weighted by atomic mass is 10.1. The summed E-state index contributed by atoms with van der Waals surface area (Å²) in [5, 5.41) is 3.48. The number of hydrogen-bond acceptors (Lipinski definition) is 3. The number of amides is 1. The summed E-state index contributed by atoms with van der Waals surface area (Å²) >= 11 is 0. The Morgan fingerprint density at radius 2 is 1.84 bits per heavy atom. The molecule has 0 aliphatic carbocycles. The number of para-hydroxylation sites is 1. The van der Waals surface area contributed by atoms with Crippen molar-refractivity contribution in [3.63, 3.8) is 0 Å². The van der Waals surface area contributed by atoms with Crippen molar-refractivity contribution in [2.24, 2.45) is 0 Å². The predicted molar refractivity (Wildman–Crippen MR) is 99.8 cm³/mol. The maximum absolute atomic E-state index is 12.7. The van der Waals surface area contributed by atoms with E-state index < -0.39 is 11.7 Å². The first-order chi connectivity index (χ1) is 12.0. The Kier molecular flexibility index (Phi) is 4.67. The molecule has 0 spiro atoms. The maximum atomic E-state index is 12.7. The molecule has 1 aromatic heterocycles. The predicted octanol–water partition coefficient (Wildman–Crippen LogP) is 3.36. The van der Waals surface area contributed by atoms with Crippen LogP contribution < -0.4 is 5.32 Å². The number of hydrogen-bond donors (Lipinski definition) is 2. The van der Waals surface area contributed by atoms with Gasteiger partial charge in [0.05, 0.1) is 5.56 Å². The third-order valence-corrected chi connectivity index (χ3v) is 4.01. The molecule has 0 atom stereocenters. The average molecular weight is 335 g/mol. The Morgan fingerprint density at radius 1 is 1.08 bits per heavy atom. The highest BCUT2D eigenvalue weighted by Gasteiger charge is 2.22. The molecule has 0 aliphatic heterocycles. The number of aromatic nitrogens is 1. The normalized spacial score (nSPS) is 11.0. The second-order valence-electron chi connectivity index (χ2n) is 6.39. The molecule has 25 heavy (non-hydrogen) atoms. The van der Waals surface area contributed by atoms with E-state index in [1.165, 1.54) is 0 Å². The molecular weight excluding hydrogens is 314 g/mol. The van der Waals surface area contributed by atoms with Crippen molar-refractivity contribution in [1.82, 2.24) is 9.88 Å². The zero-order valence-corrected chi connectivity index (χ0v) is 14.6. The van der Waals surface area contributed by atoms with Crippen LogP contribution in [0, 0.1) is 6.92 Å². The number of aromatic amines is 1. The molecular formula is C20H21N3O2. The molecule has 0 saturated carbocycles. The minimum absolute atomic E-state index is 0.428. The number of nitrogens with one attached hydrogen (secondary N) is 2. The van der Waals surface area contributed by atoms with Crippen LogP contribution in [0.4, 0.5) is 5.69 Å². The number of ketones is 1. The zero-order valence-electron chi connectivity index (χ0n) is 14.6. The van der Waals surface area contributed by atoms with Gasteiger partial charge in [-0.05, 0) is 44.8 Å². The number of nitrogens with zero attached hydrogens (tertiary/aromatic N) is 1. The summed E-state index contributed by atoms with van der Waals surface area (Å²) in [7, 11) is 3.96. The van der Waals surface area contributed by atoms with Crippen LogP contribution in [0.3, 0.4) is 0 Å². The second kappa shape index (κ2) is 6.91. The highest BCUT2D eigenvalue weighted by Crippen LogP contribution is 2.23. The van der Waals surface area contributed by atoms with E-state index in [2.05, 4.69) is 10.3 Å². The molecule has 0 aliphatic rings. The van der Waals surface area contributed by atoms with Gasteiger partial charge in [-0.25, -0.2) is 0 Å². The summed E-state index contributed by atoms with van der Waals surface area (Å²) < 4.78 is 0. The van der Waals surface area contributed by atoms with Crippen molar-refractivity contribution in [1.29, 1.82) is 0 Å². The topological polar surface area (TPSA) is 65.2 Å². The standard InChI is InChI=1S/C20H21N3O2/c1-13-18(16-9-4-5-10-17(16)21-13)19(24)20(25)22-15-8-6-7-14(11-15)12-23(2)3/h4-11,21H,12H2,1-3H3,(H,22,25). The first-order valence-corrected chi connectivity index (χ1v) is 8.12. The van der Waals surface area contributed by atoms with Crippen LogP contribution in [-0.4, -0.2) is 35.7 Å². The van der Waals surface area contributed by atoms with Gasteiger partial charge in [0.25, 0.3) is 11.7 Å². The van der Waals surface area contributed by atoms with E-state index in [0.717, 1.165) is 23.0 Å². The van der Waals surface area contributed by atoms with Crippen molar-refractivity contribution in [2.45, 2.75) is 13.5 Å². The summed E-state index contributed by atoms with van der Waals surface area (Å²) in [5.74, 6) is -1.16. The van der Waals surface area contributed by atoms with Gasteiger partial charge in [0, 0.05) is 28.8 Å². The minimum Gasteiger partial charge on any atom is -0.358 e. The summed E-state index contributed by atoms with van der Waals surface area (Å²) in [6, 6.07) is 15.0. The summed E-state index contributed by atoms with van der Waals surface area (Å²) in [6.45, 7) is 2.57. The van der Waals surface area contributed by atoms with E-state index in [-0.39, 0.29) is 0 Å². The number of Topliss-reactive ketones (excluding diaryl/α,β-unsaturated/α-hetero) is 1. The van der Waals surface area contributed by atoms with E-state index >= 15 is 0 Å². The van der Waals surface area contributed by atoms with Crippen molar-refractivity contribution < 1.29 is 9.59 Å². The van der Waals surface area contributed by atoms with E-state index in [9.17, 15) is 9.59 Å². The van der Waals surface area contributed by atoms with E-state index in [0.29, 0.717) is 16.9 Å². The van der Waals surface area contributed by atoms with Gasteiger partial charge >= 0.3 is 0 Å². The van der Waals surface area contributed by atoms with Gasteiger partial charge in [-0.1, -0.05) is 30.3 Å². The lowest BCUT2D eigenvalue weighted by Crippen LogP contribution is -2.23. The lowest BCUT2D eigenvalue weighted by molar-refractivity contribution is -0.112. The Bertz CT molecular complexity index is 941. The Hall–Kier alpha value is -2.92. The van der Waals surface area contributed by atoms with Crippen LogP contribution in [0.15, 0.2) is 48.5 Å². The number of carbonyl (C=O) groups is 2. The number of benzene rings is 2. The second-order valence-corrected chi connectivity index (χ2v) is 6.39. The highest BCUT2D eigenvalue weighted by molar-refractivity contribution is 6.48. The molecule has 2 aromatic carbocycles. The van der Waals surface area contributed by atoms with Gasteiger partial charge < -0.3 is 15.2 Å². The molecule has 0 radical (unpaired) electrons. The van der Waals surface area contributed by atoms with Crippen LogP contribution in [0.1, 0.15) is 21.6 Å². The molecule has 0 bridgehead atoms. The Labute approximate surface area is 146 Å². The Morgan fingerprint density at radius 3 is 2.60 bits per heavy atom. The van der Waals surface area contributed by atoms with Crippen molar-refractivity contribution in [3.05, 3.63) is 65.4 Å². The smallest absolute Gasteiger partial charge is 0.296 e. The Balaban J connectivity index is 1.83. The van der Waals surface area contributed by atoms with Crippen LogP contribution in [0.2, 0.25) is 0 Å². The fraction of sp³-hybridized carbons (Fsp3) is 0.200. The summed E-state index contributed by atoms with van der Waals surface area (Å²) in [5.41, 5.74) is 3.66. The average Bonchev–Trinajstić information content (AvgIpc) is 2.89. The molecule has 0 fully saturated rings. The van der Waals surface area contributed by atoms with Crippen LogP contribution in [0.5, 0.6) is 0 Å². The lowest BCUT2D eigenvalue weighted by Gasteiger charge is -2.11. The third kappa shape index (κ3) is 3.61. The molecule has 3 rings (SSSR count). The van der Waals surface area contributed by atoms with E-state index in [1.54, 1.807) is 13.0 Å². The molecule has 2 N–H and O–H groups in total. The summed E-state index contributed by atoms with van der Waals surface area (Å²) in [4.78, 5) is 30.3. The number of fused-ring (bicyclic) bond motifs is 1. The highest BCUT2D eigenvalue weighted by atomic mass is 16.2.